The minimum atomic E-state index is -0.234. The monoisotopic (exact) mass is 289 g/mol. The minimum Gasteiger partial charge on any atom is -0.384 e. The molecule has 0 unspecified atom stereocenters. The molecule has 0 bridgehead atoms. The van der Waals surface area contributed by atoms with E-state index < -0.39 is 0 Å². The van der Waals surface area contributed by atoms with Crippen LogP contribution in [0.25, 0.3) is 0 Å². The predicted octanol–water partition coefficient (Wildman–Crippen LogP) is 0.839. The normalized spacial score (nSPS) is 10.1. The molecule has 21 heavy (non-hydrogen) atoms. The Bertz CT molecular complexity index is 518. The van der Waals surface area contributed by atoms with Crippen molar-refractivity contribution in [3.63, 3.8) is 0 Å². The molecule has 0 spiro atoms. The van der Waals surface area contributed by atoms with Gasteiger partial charge in [-0.3, -0.25) is 9.78 Å². The Morgan fingerprint density at radius 1 is 1.33 bits per heavy atom. The summed E-state index contributed by atoms with van der Waals surface area (Å²) in [7, 11) is 3.97. The summed E-state index contributed by atoms with van der Waals surface area (Å²) in [6.45, 7) is 4.02. The first-order valence-corrected chi connectivity index (χ1v) is 7.07. The molecule has 0 aliphatic rings. The molecule has 0 aliphatic heterocycles. The summed E-state index contributed by atoms with van der Waals surface area (Å²) < 4.78 is 0. The first-order chi connectivity index (χ1) is 10.1. The van der Waals surface area contributed by atoms with Gasteiger partial charge in [0.05, 0.1) is 11.1 Å². The fraction of sp³-hybridized carbons (Fsp3) is 0.500. The smallest absolute Gasteiger partial charge is 0.255 e. The molecule has 1 aromatic heterocycles. The van der Waals surface area contributed by atoms with Crippen LogP contribution in [0.2, 0.25) is 0 Å². The topological polar surface area (TPSA) is 56.7 Å². The zero-order valence-corrected chi connectivity index (χ0v) is 13.0. The largest absolute Gasteiger partial charge is 0.384 e. The molecule has 0 radical (unpaired) electrons. The zero-order valence-electron chi connectivity index (χ0n) is 13.0. The summed E-state index contributed by atoms with van der Waals surface area (Å²) in [6.07, 6.45) is 4.06. The van der Waals surface area contributed by atoms with E-state index in [1.807, 2.05) is 19.0 Å². The van der Waals surface area contributed by atoms with E-state index in [1.165, 1.54) is 0 Å². The van der Waals surface area contributed by atoms with Crippen LogP contribution in [-0.4, -0.2) is 66.1 Å². The first-order valence-electron chi connectivity index (χ1n) is 7.07. The summed E-state index contributed by atoms with van der Waals surface area (Å²) >= 11 is 0. The molecule has 0 saturated heterocycles. The molecule has 5 heteroatoms. The highest BCUT2D eigenvalue weighted by Gasteiger charge is 2.17. The van der Waals surface area contributed by atoms with Gasteiger partial charge in [-0.2, -0.15) is 0 Å². The van der Waals surface area contributed by atoms with Crippen LogP contribution in [-0.2, 0) is 0 Å². The maximum Gasteiger partial charge on any atom is 0.255 e. The second-order valence-electron chi connectivity index (χ2n) is 4.98. The SMILES string of the molecule is CCCN(CCN(C)C)C(=O)c1ccncc1C#CCO. The molecular weight excluding hydrogens is 266 g/mol. The highest BCUT2D eigenvalue weighted by Crippen LogP contribution is 2.10. The number of nitrogens with zero attached hydrogens (tertiary/aromatic N) is 3. The van der Waals surface area contributed by atoms with Crippen LogP contribution in [0.1, 0.15) is 29.3 Å². The van der Waals surface area contributed by atoms with Crippen molar-refractivity contribution in [1.82, 2.24) is 14.8 Å². The number of pyridine rings is 1. The highest BCUT2D eigenvalue weighted by atomic mass is 16.2. The van der Waals surface area contributed by atoms with Crippen molar-refractivity contribution in [2.75, 3.05) is 40.3 Å². The van der Waals surface area contributed by atoms with Gasteiger partial charge in [-0.15, -0.1) is 0 Å². The molecule has 1 heterocycles. The van der Waals surface area contributed by atoms with E-state index in [0.717, 1.165) is 13.0 Å². The molecule has 0 atom stereocenters. The molecule has 5 nitrogen and oxygen atoms in total. The number of carbonyl (C=O) groups excluding carboxylic acids is 1. The standard InChI is InChI=1S/C16H23N3O2/c1-4-9-19(11-10-18(2)3)16(21)15-7-8-17-13-14(15)6-5-12-20/h7-8,13,20H,4,9-12H2,1-3H3. The van der Waals surface area contributed by atoms with Crippen molar-refractivity contribution in [1.29, 1.82) is 0 Å². The maximum absolute atomic E-state index is 12.7. The van der Waals surface area contributed by atoms with Crippen molar-refractivity contribution < 1.29 is 9.90 Å². The summed E-state index contributed by atoms with van der Waals surface area (Å²) in [5.74, 6) is 5.31. The number of hydrogen-bond donors (Lipinski definition) is 1. The number of rotatable bonds is 6. The van der Waals surface area contributed by atoms with Crippen LogP contribution in [0.3, 0.4) is 0 Å². The van der Waals surface area contributed by atoms with Crippen molar-refractivity contribution in [3.8, 4) is 11.8 Å². The molecule has 1 N–H and O–H groups in total. The van der Waals surface area contributed by atoms with Gasteiger partial charge in [0.25, 0.3) is 5.91 Å². The lowest BCUT2D eigenvalue weighted by Crippen LogP contribution is -2.37. The molecule has 1 aromatic rings. The van der Waals surface area contributed by atoms with Gasteiger partial charge in [-0.05, 0) is 26.6 Å². The predicted molar refractivity (Wildman–Crippen MR) is 82.9 cm³/mol. The lowest BCUT2D eigenvalue weighted by atomic mass is 10.1. The third-order valence-electron chi connectivity index (χ3n) is 2.95. The number of likely N-dealkylation sites (N-methyl/N-ethyl adjacent to an activating group) is 1. The maximum atomic E-state index is 12.7. The van der Waals surface area contributed by atoms with Gasteiger partial charge in [0.1, 0.15) is 6.61 Å². The van der Waals surface area contributed by atoms with Crippen LogP contribution in [0.4, 0.5) is 0 Å². The molecular formula is C16H23N3O2. The van der Waals surface area contributed by atoms with Crippen LogP contribution < -0.4 is 0 Å². The number of amides is 1. The van der Waals surface area contributed by atoms with Crippen molar-refractivity contribution in [3.05, 3.63) is 29.6 Å². The third-order valence-corrected chi connectivity index (χ3v) is 2.95. The van der Waals surface area contributed by atoms with E-state index in [0.29, 0.717) is 24.2 Å². The number of aliphatic hydroxyl groups excluding tert-OH is 1. The fourth-order valence-corrected chi connectivity index (χ4v) is 1.89. The van der Waals surface area contributed by atoms with Crippen molar-refractivity contribution >= 4 is 5.91 Å². The fourth-order valence-electron chi connectivity index (χ4n) is 1.89. The molecule has 0 aliphatic carbocycles. The summed E-state index contributed by atoms with van der Waals surface area (Å²) in [5.41, 5.74) is 1.10. The molecule has 0 aromatic carbocycles. The van der Waals surface area contributed by atoms with Crippen LogP contribution in [0.5, 0.6) is 0 Å². The lowest BCUT2D eigenvalue weighted by molar-refractivity contribution is 0.0744. The lowest BCUT2D eigenvalue weighted by Gasteiger charge is -2.24. The Hall–Kier alpha value is -1.90. The second kappa shape index (κ2) is 9.11. The van der Waals surface area contributed by atoms with Gasteiger partial charge >= 0.3 is 0 Å². The Kier molecular flexibility index (Phi) is 7.44. The van der Waals surface area contributed by atoms with Gasteiger partial charge in [-0.1, -0.05) is 18.8 Å². The number of aliphatic hydroxyl groups is 1. The van der Waals surface area contributed by atoms with Gasteiger partial charge in [0.15, 0.2) is 0 Å². The molecule has 114 valence electrons. The van der Waals surface area contributed by atoms with Crippen LogP contribution in [0.15, 0.2) is 18.5 Å². The van der Waals surface area contributed by atoms with E-state index in [9.17, 15) is 4.79 Å². The Balaban J connectivity index is 2.97. The molecule has 0 fully saturated rings. The van der Waals surface area contributed by atoms with Gasteiger partial charge < -0.3 is 14.9 Å². The van der Waals surface area contributed by atoms with Gasteiger partial charge in [0, 0.05) is 32.0 Å². The van der Waals surface area contributed by atoms with Gasteiger partial charge in [-0.25, -0.2) is 0 Å². The third kappa shape index (κ3) is 5.54. The van der Waals surface area contributed by atoms with E-state index >= 15 is 0 Å². The van der Waals surface area contributed by atoms with E-state index in [2.05, 4.69) is 28.6 Å². The van der Waals surface area contributed by atoms with Crippen molar-refractivity contribution in [2.45, 2.75) is 13.3 Å². The second-order valence-corrected chi connectivity index (χ2v) is 4.98. The Labute approximate surface area is 126 Å². The Morgan fingerprint density at radius 3 is 2.71 bits per heavy atom. The van der Waals surface area contributed by atoms with E-state index in [4.69, 9.17) is 5.11 Å². The summed E-state index contributed by atoms with van der Waals surface area (Å²) in [4.78, 5) is 20.6. The highest BCUT2D eigenvalue weighted by molar-refractivity contribution is 5.96. The molecule has 1 amide bonds. The first kappa shape index (κ1) is 17.2. The quantitative estimate of drug-likeness (QED) is 0.789. The number of hydrogen-bond acceptors (Lipinski definition) is 4. The zero-order chi connectivity index (χ0) is 15.7. The average molecular weight is 289 g/mol. The minimum absolute atomic E-state index is 0.0386. The summed E-state index contributed by atoms with van der Waals surface area (Å²) in [5, 5.41) is 8.80. The van der Waals surface area contributed by atoms with Crippen molar-refractivity contribution in [2.24, 2.45) is 0 Å². The summed E-state index contributed by atoms with van der Waals surface area (Å²) in [6, 6.07) is 1.68. The van der Waals surface area contributed by atoms with E-state index in [-0.39, 0.29) is 12.5 Å². The van der Waals surface area contributed by atoms with Crippen LogP contribution in [0, 0.1) is 11.8 Å². The molecule has 0 saturated carbocycles. The van der Waals surface area contributed by atoms with E-state index in [1.54, 1.807) is 18.5 Å². The Morgan fingerprint density at radius 2 is 2.10 bits per heavy atom. The number of aromatic nitrogens is 1. The van der Waals surface area contributed by atoms with Gasteiger partial charge in [0.2, 0.25) is 0 Å². The van der Waals surface area contributed by atoms with Crippen LogP contribution >= 0.6 is 0 Å². The average Bonchev–Trinajstić information content (AvgIpc) is 2.48. The number of carbonyl (C=O) groups is 1. The molecule has 1 rings (SSSR count).